The van der Waals surface area contributed by atoms with Gasteiger partial charge >= 0.3 is 5.97 Å². The van der Waals surface area contributed by atoms with Crippen LogP contribution in [0, 0.1) is 6.92 Å². The van der Waals surface area contributed by atoms with Gasteiger partial charge in [-0.05, 0) is 32.3 Å². The molecule has 130 valence electrons. The zero-order valence-electron chi connectivity index (χ0n) is 14.3. The molecular weight excluding hydrogens is 306 g/mol. The highest BCUT2D eigenvalue weighted by atomic mass is 16.5. The number of carboxylic acids is 1. The molecule has 0 bridgehead atoms. The molecule has 1 amide bonds. The van der Waals surface area contributed by atoms with E-state index in [2.05, 4.69) is 6.07 Å². The lowest BCUT2D eigenvalue weighted by atomic mass is 9.77. The number of hydrogen-bond donors (Lipinski definition) is 1. The second-order valence-electron chi connectivity index (χ2n) is 7.14. The summed E-state index contributed by atoms with van der Waals surface area (Å²) in [5.41, 5.74) is 1.70. The van der Waals surface area contributed by atoms with Crippen LogP contribution < -0.4 is 0 Å². The van der Waals surface area contributed by atoms with Crippen LogP contribution in [0.2, 0.25) is 0 Å². The molecule has 3 rings (SSSR count). The molecule has 1 aliphatic carbocycles. The molecule has 1 aromatic carbocycles. The maximum atomic E-state index is 13.4. The largest absolute Gasteiger partial charge is 0.479 e. The number of carbonyl (C=O) groups excluding carboxylic acids is 1. The number of hydrogen-bond acceptors (Lipinski definition) is 3. The Morgan fingerprint density at radius 3 is 2.58 bits per heavy atom. The first-order chi connectivity index (χ1) is 11.4. The van der Waals surface area contributed by atoms with Gasteiger partial charge in [-0.15, -0.1) is 0 Å². The summed E-state index contributed by atoms with van der Waals surface area (Å²) >= 11 is 0. The Kier molecular flexibility index (Phi) is 4.63. The van der Waals surface area contributed by atoms with Crippen LogP contribution >= 0.6 is 0 Å². The number of ether oxygens (including phenoxy) is 1. The third-order valence-electron chi connectivity index (χ3n) is 5.26. The van der Waals surface area contributed by atoms with Crippen LogP contribution in [0.4, 0.5) is 0 Å². The predicted octanol–water partition coefficient (Wildman–Crippen LogP) is 2.51. The van der Waals surface area contributed by atoms with E-state index in [0.29, 0.717) is 6.54 Å². The van der Waals surface area contributed by atoms with Gasteiger partial charge in [-0.2, -0.15) is 0 Å². The molecule has 5 heteroatoms. The molecule has 5 nitrogen and oxygen atoms in total. The fourth-order valence-electron chi connectivity index (χ4n) is 4.10. The number of morpholine rings is 1. The van der Waals surface area contributed by atoms with Crippen molar-refractivity contribution in [3.05, 3.63) is 35.4 Å². The van der Waals surface area contributed by atoms with Gasteiger partial charge in [-0.3, -0.25) is 4.79 Å². The lowest BCUT2D eigenvalue weighted by molar-refractivity contribution is -0.168. The molecule has 1 aliphatic heterocycles. The lowest BCUT2D eigenvalue weighted by Gasteiger charge is -2.40. The molecule has 1 unspecified atom stereocenters. The number of nitrogens with zero attached hydrogens (tertiary/aromatic N) is 1. The molecule has 0 spiro atoms. The van der Waals surface area contributed by atoms with Gasteiger partial charge < -0.3 is 14.7 Å². The molecule has 1 N–H and O–H groups in total. The predicted molar refractivity (Wildman–Crippen MR) is 89.9 cm³/mol. The van der Waals surface area contributed by atoms with Crippen molar-refractivity contribution >= 4 is 11.9 Å². The average molecular weight is 331 g/mol. The first-order valence-corrected chi connectivity index (χ1v) is 8.67. The first-order valence-electron chi connectivity index (χ1n) is 8.67. The number of aliphatic carboxylic acids is 1. The van der Waals surface area contributed by atoms with E-state index in [1.165, 1.54) is 0 Å². The summed E-state index contributed by atoms with van der Waals surface area (Å²) in [4.78, 5) is 26.5. The Morgan fingerprint density at radius 2 is 1.96 bits per heavy atom. The van der Waals surface area contributed by atoms with Crippen LogP contribution in [-0.4, -0.2) is 47.2 Å². The minimum atomic E-state index is -1.00. The average Bonchev–Trinajstić information content (AvgIpc) is 3.04. The normalized spacial score (nSPS) is 26.3. The monoisotopic (exact) mass is 331 g/mol. The van der Waals surface area contributed by atoms with Crippen LogP contribution in [-0.2, 0) is 19.7 Å². The van der Waals surface area contributed by atoms with E-state index in [0.717, 1.165) is 36.8 Å². The lowest BCUT2D eigenvalue weighted by Crippen LogP contribution is -2.56. The number of carbonyl (C=O) groups is 2. The van der Waals surface area contributed by atoms with Crippen LogP contribution in [0.1, 0.15) is 43.7 Å². The molecule has 2 aliphatic rings. The van der Waals surface area contributed by atoms with Gasteiger partial charge in [0.2, 0.25) is 5.91 Å². The van der Waals surface area contributed by atoms with Crippen molar-refractivity contribution in [2.45, 2.75) is 57.2 Å². The molecule has 1 saturated carbocycles. The van der Waals surface area contributed by atoms with E-state index < -0.39 is 17.5 Å². The fourth-order valence-corrected chi connectivity index (χ4v) is 4.10. The highest BCUT2D eigenvalue weighted by Crippen LogP contribution is 2.43. The van der Waals surface area contributed by atoms with Crippen molar-refractivity contribution in [1.29, 1.82) is 0 Å². The van der Waals surface area contributed by atoms with Gasteiger partial charge in [0.15, 0.2) is 6.10 Å². The quantitative estimate of drug-likeness (QED) is 0.924. The Labute approximate surface area is 142 Å². The molecule has 24 heavy (non-hydrogen) atoms. The number of carboxylic acid groups (broad SMARTS) is 1. The first kappa shape index (κ1) is 17.0. The minimum absolute atomic E-state index is 0.0620. The van der Waals surface area contributed by atoms with Crippen LogP contribution in [0.15, 0.2) is 24.3 Å². The van der Waals surface area contributed by atoms with E-state index in [1.807, 2.05) is 32.0 Å². The third kappa shape index (κ3) is 3.05. The van der Waals surface area contributed by atoms with Crippen molar-refractivity contribution in [3.8, 4) is 0 Å². The summed E-state index contributed by atoms with van der Waals surface area (Å²) < 4.78 is 5.46. The standard InChI is InChI=1S/C19H25NO4/c1-13-6-5-7-15(10-13)19(8-3-4-9-19)18(23)20-11-14(2)24-16(12-20)17(21)22/h5-7,10,14,16H,3-4,8-9,11-12H2,1-2H3,(H,21,22)/t14-,16?/m1/s1. The summed E-state index contributed by atoms with van der Waals surface area (Å²) in [5, 5.41) is 9.28. The number of benzene rings is 1. The topological polar surface area (TPSA) is 66.8 Å². The van der Waals surface area contributed by atoms with Crippen molar-refractivity contribution in [3.63, 3.8) is 0 Å². The summed E-state index contributed by atoms with van der Waals surface area (Å²) in [7, 11) is 0. The summed E-state index contributed by atoms with van der Waals surface area (Å²) in [6.45, 7) is 4.44. The van der Waals surface area contributed by atoms with Crippen molar-refractivity contribution in [2.24, 2.45) is 0 Å². The molecule has 2 fully saturated rings. The van der Waals surface area contributed by atoms with Crippen molar-refractivity contribution in [1.82, 2.24) is 4.90 Å². The Hall–Kier alpha value is -1.88. The van der Waals surface area contributed by atoms with E-state index in [-0.39, 0.29) is 18.6 Å². The number of aryl methyl sites for hydroxylation is 1. The minimum Gasteiger partial charge on any atom is -0.479 e. The number of amides is 1. The Bertz CT molecular complexity index is 636. The second kappa shape index (κ2) is 6.55. The van der Waals surface area contributed by atoms with E-state index in [1.54, 1.807) is 4.90 Å². The summed E-state index contributed by atoms with van der Waals surface area (Å²) in [6, 6.07) is 8.17. The second-order valence-corrected chi connectivity index (χ2v) is 7.14. The van der Waals surface area contributed by atoms with Crippen LogP contribution in [0.25, 0.3) is 0 Å². The highest BCUT2D eigenvalue weighted by molar-refractivity contribution is 5.89. The maximum Gasteiger partial charge on any atom is 0.334 e. The molecule has 1 heterocycles. The smallest absolute Gasteiger partial charge is 0.334 e. The number of rotatable bonds is 3. The Morgan fingerprint density at radius 1 is 1.25 bits per heavy atom. The van der Waals surface area contributed by atoms with E-state index in [9.17, 15) is 14.7 Å². The highest BCUT2D eigenvalue weighted by Gasteiger charge is 2.47. The van der Waals surface area contributed by atoms with Gasteiger partial charge in [0.05, 0.1) is 18.1 Å². The van der Waals surface area contributed by atoms with Gasteiger partial charge in [0.1, 0.15) is 0 Å². The Balaban J connectivity index is 1.91. The molecular formula is C19H25NO4. The maximum absolute atomic E-state index is 13.4. The van der Waals surface area contributed by atoms with Gasteiger partial charge in [-0.25, -0.2) is 4.79 Å². The van der Waals surface area contributed by atoms with Gasteiger partial charge in [-0.1, -0.05) is 42.7 Å². The van der Waals surface area contributed by atoms with Crippen LogP contribution in [0.5, 0.6) is 0 Å². The fraction of sp³-hybridized carbons (Fsp3) is 0.579. The molecule has 0 aromatic heterocycles. The molecule has 2 atom stereocenters. The summed E-state index contributed by atoms with van der Waals surface area (Å²) in [5.74, 6) is -0.942. The van der Waals surface area contributed by atoms with Gasteiger partial charge in [0, 0.05) is 6.54 Å². The zero-order chi connectivity index (χ0) is 17.3. The SMILES string of the molecule is Cc1cccc(C2(C(=O)N3CC(C(=O)O)O[C@H](C)C3)CCCC2)c1. The van der Waals surface area contributed by atoms with Crippen molar-refractivity contribution in [2.75, 3.05) is 13.1 Å². The third-order valence-corrected chi connectivity index (χ3v) is 5.26. The molecule has 1 saturated heterocycles. The van der Waals surface area contributed by atoms with E-state index in [4.69, 9.17) is 4.74 Å². The van der Waals surface area contributed by atoms with Gasteiger partial charge in [0.25, 0.3) is 0 Å². The van der Waals surface area contributed by atoms with Crippen LogP contribution in [0.3, 0.4) is 0 Å². The zero-order valence-corrected chi connectivity index (χ0v) is 14.3. The summed E-state index contributed by atoms with van der Waals surface area (Å²) in [6.07, 6.45) is 2.52. The molecule has 1 aromatic rings. The van der Waals surface area contributed by atoms with Crippen molar-refractivity contribution < 1.29 is 19.4 Å². The molecule has 0 radical (unpaired) electrons. The van der Waals surface area contributed by atoms with E-state index >= 15 is 0 Å².